The number of nitrogens with one attached hydrogen (secondary N) is 1. The van der Waals surface area contributed by atoms with Crippen molar-refractivity contribution in [1.29, 1.82) is 0 Å². The van der Waals surface area contributed by atoms with E-state index in [4.69, 9.17) is 0 Å². The van der Waals surface area contributed by atoms with Crippen LogP contribution < -0.4 is 10.2 Å². The highest BCUT2D eigenvalue weighted by atomic mass is 32.2. The average molecular weight is 244 g/mol. The zero-order valence-electron chi connectivity index (χ0n) is 9.06. The Labute approximate surface area is 98.5 Å². The predicted octanol–water partition coefficient (Wildman–Crippen LogP) is 1.45. The molecule has 0 aromatic carbocycles. The molecule has 1 fully saturated rings. The van der Waals surface area contributed by atoms with Crippen LogP contribution in [0.25, 0.3) is 0 Å². The fourth-order valence-corrected chi connectivity index (χ4v) is 3.66. The highest BCUT2D eigenvalue weighted by molar-refractivity contribution is 8.01. The molecule has 0 spiro atoms. The number of rotatable bonds is 3. The second-order valence-electron chi connectivity index (χ2n) is 3.81. The normalized spacial score (nSPS) is 18.0. The van der Waals surface area contributed by atoms with Gasteiger partial charge in [0.2, 0.25) is 5.13 Å². The van der Waals surface area contributed by atoms with Crippen molar-refractivity contribution in [1.82, 2.24) is 15.5 Å². The maximum atomic E-state index is 4.20. The summed E-state index contributed by atoms with van der Waals surface area (Å²) in [6, 6.07) is 0. The largest absolute Gasteiger partial charge is 0.353 e. The van der Waals surface area contributed by atoms with Crippen LogP contribution in [0.3, 0.4) is 0 Å². The van der Waals surface area contributed by atoms with Gasteiger partial charge in [-0.3, -0.25) is 0 Å². The smallest absolute Gasteiger partial charge is 0.208 e. The molecule has 1 aromatic heterocycles. The van der Waals surface area contributed by atoms with Gasteiger partial charge in [0.05, 0.1) is 0 Å². The molecule has 0 aliphatic carbocycles. The van der Waals surface area contributed by atoms with Crippen LogP contribution in [0.4, 0.5) is 5.13 Å². The summed E-state index contributed by atoms with van der Waals surface area (Å²) >= 11 is 3.56. The minimum Gasteiger partial charge on any atom is -0.353 e. The second kappa shape index (κ2) is 5.14. The number of anilines is 1. The van der Waals surface area contributed by atoms with Gasteiger partial charge in [0.1, 0.15) is 0 Å². The number of piperidine rings is 1. The first-order chi connectivity index (χ1) is 7.25. The number of hydrogen-bond acceptors (Lipinski definition) is 6. The molecule has 2 heterocycles. The Morgan fingerprint density at radius 2 is 2.07 bits per heavy atom. The molecule has 0 saturated carbocycles. The molecule has 1 saturated heterocycles. The molecule has 1 aromatic rings. The summed E-state index contributed by atoms with van der Waals surface area (Å²) in [6.45, 7) is 2.27. The van der Waals surface area contributed by atoms with Gasteiger partial charge in [-0.1, -0.05) is 23.1 Å². The first-order valence-corrected chi connectivity index (χ1v) is 6.83. The maximum absolute atomic E-state index is 4.20. The van der Waals surface area contributed by atoms with Crippen LogP contribution in [0.2, 0.25) is 0 Å². The van der Waals surface area contributed by atoms with Crippen molar-refractivity contribution in [2.45, 2.75) is 22.4 Å². The van der Waals surface area contributed by atoms with Gasteiger partial charge in [-0.25, -0.2) is 0 Å². The molecule has 1 N–H and O–H groups in total. The summed E-state index contributed by atoms with van der Waals surface area (Å²) in [5, 5.41) is 13.4. The lowest BCUT2D eigenvalue weighted by molar-refractivity contribution is 0.531. The lowest BCUT2D eigenvalue weighted by Crippen LogP contribution is -2.29. The van der Waals surface area contributed by atoms with Gasteiger partial charge < -0.3 is 10.2 Å². The minimum absolute atomic E-state index is 0.717. The average Bonchev–Trinajstić information content (AvgIpc) is 2.68. The van der Waals surface area contributed by atoms with Gasteiger partial charge in [-0.15, -0.1) is 10.2 Å². The molecule has 6 heteroatoms. The second-order valence-corrected chi connectivity index (χ2v) is 6.32. The number of aromatic nitrogens is 2. The van der Waals surface area contributed by atoms with E-state index in [0.29, 0.717) is 5.25 Å². The third kappa shape index (κ3) is 3.06. The van der Waals surface area contributed by atoms with Crippen molar-refractivity contribution in [3.8, 4) is 0 Å². The molecular weight excluding hydrogens is 228 g/mol. The van der Waals surface area contributed by atoms with E-state index >= 15 is 0 Å². The van der Waals surface area contributed by atoms with E-state index in [2.05, 4.69) is 15.5 Å². The molecule has 0 bridgehead atoms. The van der Waals surface area contributed by atoms with Crippen molar-refractivity contribution in [2.75, 3.05) is 32.1 Å². The van der Waals surface area contributed by atoms with E-state index in [0.717, 1.165) is 22.6 Å². The lowest BCUT2D eigenvalue weighted by atomic mass is 10.2. The summed E-state index contributed by atoms with van der Waals surface area (Å²) in [5.41, 5.74) is 0. The Morgan fingerprint density at radius 1 is 1.33 bits per heavy atom. The Kier molecular flexibility index (Phi) is 3.82. The summed E-state index contributed by atoms with van der Waals surface area (Å²) in [5.74, 6) is 0. The Bertz CT molecular complexity index is 307. The van der Waals surface area contributed by atoms with Gasteiger partial charge >= 0.3 is 0 Å². The molecule has 0 atom stereocenters. The van der Waals surface area contributed by atoms with Gasteiger partial charge in [-0.05, 0) is 25.9 Å². The summed E-state index contributed by atoms with van der Waals surface area (Å²) < 4.78 is 1.10. The summed E-state index contributed by atoms with van der Waals surface area (Å²) in [6.07, 6.45) is 2.48. The van der Waals surface area contributed by atoms with Crippen LogP contribution in [0.15, 0.2) is 4.34 Å². The Balaban J connectivity index is 1.91. The van der Waals surface area contributed by atoms with Gasteiger partial charge in [-0.2, -0.15) is 0 Å². The molecule has 84 valence electrons. The summed E-state index contributed by atoms with van der Waals surface area (Å²) in [7, 11) is 4.00. The van der Waals surface area contributed by atoms with Crippen molar-refractivity contribution >= 4 is 28.2 Å². The first-order valence-electron chi connectivity index (χ1n) is 5.14. The van der Waals surface area contributed by atoms with Crippen LogP contribution in [0.5, 0.6) is 0 Å². The highest BCUT2D eigenvalue weighted by Gasteiger charge is 2.16. The lowest BCUT2D eigenvalue weighted by Gasteiger charge is -2.20. The Hall–Kier alpha value is -0.330. The molecule has 1 aliphatic heterocycles. The number of nitrogens with zero attached hydrogens (tertiary/aromatic N) is 3. The van der Waals surface area contributed by atoms with E-state index in [1.807, 2.05) is 30.8 Å². The third-order valence-corrected chi connectivity index (χ3v) is 4.84. The highest BCUT2D eigenvalue weighted by Crippen LogP contribution is 2.32. The van der Waals surface area contributed by atoms with Gasteiger partial charge in [0, 0.05) is 19.3 Å². The fourth-order valence-electron chi connectivity index (χ4n) is 1.49. The SMILES string of the molecule is CN(C)c1nnc(SC2CCNCC2)s1. The molecule has 0 radical (unpaired) electrons. The first kappa shape index (κ1) is 11.2. The van der Waals surface area contributed by atoms with E-state index < -0.39 is 0 Å². The van der Waals surface area contributed by atoms with E-state index in [9.17, 15) is 0 Å². The number of hydrogen-bond donors (Lipinski definition) is 1. The van der Waals surface area contributed by atoms with E-state index in [1.54, 1.807) is 11.3 Å². The zero-order valence-corrected chi connectivity index (χ0v) is 10.7. The zero-order chi connectivity index (χ0) is 10.7. The van der Waals surface area contributed by atoms with Crippen LogP contribution in [0.1, 0.15) is 12.8 Å². The molecule has 4 nitrogen and oxygen atoms in total. The Morgan fingerprint density at radius 3 is 2.67 bits per heavy atom. The molecule has 1 aliphatic rings. The van der Waals surface area contributed by atoms with Crippen molar-refractivity contribution in [3.63, 3.8) is 0 Å². The standard InChI is InChI=1S/C9H16N4S2/c1-13(2)8-11-12-9(15-8)14-7-3-5-10-6-4-7/h7,10H,3-6H2,1-2H3. The fraction of sp³-hybridized carbons (Fsp3) is 0.778. The van der Waals surface area contributed by atoms with Gasteiger partial charge in [0.15, 0.2) is 4.34 Å². The van der Waals surface area contributed by atoms with Crippen LogP contribution in [0, 0.1) is 0 Å². The van der Waals surface area contributed by atoms with Crippen molar-refractivity contribution in [3.05, 3.63) is 0 Å². The maximum Gasteiger partial charge on any atom is 0.208 e. The quantitative estimate of drug-likeness (QED) is 0.871. The molecule has 0 unspecified atom stereocenters. The number of thioether (sulfide) groups is 1. The molecule has 0 amide bonds. The predicted molar refractivity (Wildman–Crippen MR) is 66.0 cm³/mol. The molecule has 15 heavy (non-hydrogen) atoms. The minimum atomic E-state index is 0.717. The van der Waals surface area contributed by atoms with Crippen LogP contribution in [-0.2, 0) is 0 Å². The summed E-state index contributed by atoms with van der Waals surface area (Å²) in [4.78, 5) is 2.00. The topological polar surface area (TPSA) is 41.1 Å². The van der Waals surface area contributed by atoms with Gasteiger partial charge in [0.25, 0.3) is 0 Å². The monoisotopic (exact) mass is 244 g/mol. The molecule has 2 rings (SSSR count). The van der Waals surface area contributed by atoms with Crippen LogP contribution >= 0.6 is 23.1 Å². The van der Waals surface area contributed by atoms with Crippen molar-refractivity contribution in [2.24, 2.45) is 0 Å². The van der Waals surface area contributed by atoms with Crippen molar-refractivity contribution < 1.29 is 0 Å². The van der Waals surface area contributed by atoms with E-state index in [-0.39, 0.29) is 0 Å². The third-order valence-electron chi connectivity index (χ3n) is 2.33. The molecular formula is C9H16N4S2. The van der Waals surface area contributed by atoms with E-state index in [1.165, 1.54) is 12.8 Å². The van der Waals surface area contributed by atoms with Crippen LogP contribution in [-0.4, -0.2) is 42.6 Å².